The second kappa shape index (κ2) is 6.40. The summed E-state index contributed by atoms with van der Waals surface area (Å²) in [5.41, 5.74) is 7.98. The fourth-order valence-corrected chi connectivity index (χ4v) is 2.64. The van der Waals surface area contributed by atoms with Crippen LogP contribution in [0.15, 0.2) is 24.3 Å². The molecule has 1 aromatic rings. The molecule has 1 atom stereocenters. The van der Waals surface area contributed by atoms with E-state index in [1.54, 1.807) is 0 Å². The lowest BCUT2D eigenvalue weighted by molar-refractivity contribution is -0.126. The van der Waals surface area contributed by atoms with E-state index < -0.39 is 5.54 Å². The molecule has 2 rings (SSSR count). The highest BCUT2D eigenvalue weighted by Crippen LogP contribution is 2.22. The second-order valence-electron chi connectivity index (χ2n) is 5.51. The molecule has 0 spiro atoms. The zero-order valence-electron chi connectivity index (χ0n) is 11.6. The van der Waals surface area contributed by atoms with Crippen LogP contribution in [0.1, 0.15) is 37.8 Å². The first-order chi connectivity index (χ1) is 8.53. The first-order valence-corrected chi connectivity index (χ1v) is 6.69. The molecule has 1 amide bonds. The first-order valence-electron chi connectivity index (χ1n) is 6.69. The number of nitrogens with two attached hydrogens (primary N) is 1. The maximum absolute atomic E-state index is 12.1. The lowest BCUT2D eigenvalue weighted by Crippen LogP contribution is -2.54. The van der Waals surface area contributed by atoms with Crippen LogP contribution >= 0.6 is 12.4 Å². The van der Waals surface area contributed by atoms with Gasteiger partial charge in [0.2, 0.25) is 5.91 Å². The average molecular weight is 283 g/mol. The first kappa shape index (κ1) is 16.0. The quantitative estimate of drug-likeness (QED) is 0.890. The minimum absolute atomic E-state index is 0. The van der Waals surface area contributed by atoms with Crippen LogP contribution in [0, 0.1) is 0 Å². The second-order valence-corrected chi connectivity index (χ2v) is 5.51. The number of carbonyl (C=O) groups is 1. The van der Waals surface area contributed by atoms with Gasteiger partial charge in [-0.25, -0.2) is 0 Å². The van der Waals surface area contributed by atoms with Crippen molar-refractivity contribution in [1.29, 1.82) is 0 Å². The van der Waals surface area contributed by atoms with Crippen molar-refractivity contribution in [2.75, 3.05) is 0 Å². The third-order valence-corrected chi connectivity index (χ3v) is 3.67. The molecule has 106 valence electrons. The summed E-state index contributed by atoms with van der Waals surface area (Å²) < 4.78 is 0. The van der Waals surface area contributed by atoms with Gasteiger partial charge in [0.05, 0.1) is 5.54 Å². The molecular weight excluding hydrogens is 260 g/mol. The van der Waals surface area contributed by atoms with Gasteiger partial charge >= 0.3 is 0 Å². The number of carbonyl (C=O) groups excluding carboxylic acids is 1. The average Bonchev–Trinajstić information content (AvgIpc) is 2.70. The molecule has 0 bridgehead atoms. The van der Waals surface area contributed by atoms with Crippen LogP contribution in [0.3, 0.4) is 0 Å². The van der Waals surface area contributed by atoms with Crippen molar-refractivity contribution in [3.63, 3.8) is 0 Å². The zero-order chi connectivity index (χ0) is 13.2. The fourth-order valence-electron chi connectivity index (χ4n) is 2.64. The van der Waals surface area contributed by atoms with Gasteiger partial charge in [-0.3, -0.25) is 4.79 Å². The van der Waals surface area contributed by atoms with Crippen LogP contribution in [0.2, 0.25) is 0 Å². The lowest BCUT2D eigenvalue weighted by Gasteiger charge is -2.25. The monoisotopic (exact) mass is 282 g/mol. The Morgan fingerprint density at radius 1 is 1.37 bits per heavy atom. The summed E-state index contributed by atoms with van der Waals surface area (Å²) in [5.74, 6) is -0.0258. The van der Waals surface area contributed by atoms with Crippen LogP contribution < -0.4 is 11.1 Å². The minimum Gasteiger partial charge on any atom is -0.351 e. The largest absolute Gasteiger partial charge is 0.351 e. The molecule has 1 aliphatic carbocycles. The highest BCUT2D eigenvalue weighted by atomic mass is 35.5. The Morgan fingerprint density at radius 2 is 1.89 bits per heavy atom. The van der Waals surface area contributed by atoms with E-state index in [9.17, 15) is 4.79 Å². The molecule has 3 N–H and O–H groups in total. The summed E-state index contributed by atoms with van der Waals surface area (Å²) in [6.07, 6.45) is 3.48. The Balaban J connectivity index is 0.00000180. The third kappa shape index (κ3) is 3.71. The Hall–Kier alpha value is -1.06. The van der Waals surface area contributed by atoms with Crippen LogP contribution in [0.5, 0.6) is 0 Å². The van der Waals surface area contributed by atoms with E-state index in [4.69, 9.17) is 5.73 Å². The van der Waals surface area contributed by atoms with Gasteiger partial charge in [0, 0.05) is 6.04 Å². The SMILES string of the molecule is CCCC(C)(N)C(=O)NC1Cc2ccccc2C1.Cl. The lowest BCUT2D eigenvalue weighted by atomic mass is 9.96. The highest BCUT2D eigenvalue weighted by molar-refractivity contribution is 5.86. The molecule has 19 heavy (non-hydrogen) atoms. The van der Waals surface area contributed by atoms with Gasteiger partial charge in [-0.15, -0.1) is 12.4 Å². The standard InChI is InChI=1S/C15H22N2O.ClH/c1-3-8-15(2,16)14(18)17-13-9-11-6-4-5-7-12(11)10-13;/h4-7,13H,3,8-10,16H2,1-2H3,(H,17,18);1H. The van der Waals surface area contributed by atoms with Crippen LogP contribution in [-0.4, -0.2) is 17.5 Å². The number of benzene rings is 1. The molecule has 1 unspecified atom stereocenters. The number of hydrogen-bond donors (Lipinski definition) is 2. The third-order valence-electron chi connectivity index (χ3n) is 3.67. The molecule has 1 aliphatic rings. The van der Waals surface area contributed by atoms with Crippen molar-refractivity contribution in [2.24, 2.45) is 5.73 Å². The molecule has 0 fully saturated rings. The number of hydrogen-bond acceptors (Lipinski definition) is 2. The maximum Gasteiger partial charge on any atom is 0.240 e. The molecule has 0 radical (unpaired) electrons. The van der Waals surface area contributed by atoms with Crippen LogP contribution in [-0.2, 0) is 17.6 Å². The summed E-state index contributed by atoms with van der Waals surface area (Å²) in [6, 6.07) is 8.57. The van der Waals surface area contributed by atoms with E-state index in [1.807, 2.05) is 26.0 Å². The van der Waals surface area contributed by atoms with Crippen molar-refractivity contribution in [3.05, 3.63) is 35.4 Å². The van der Waals surface area contributed by atoms with E-state index >= 15 is 0 Å². The van der Waals surface area contributed by atoms with E-state index in [1.165, 1.54) is 11.1 Å². The maximum atomic E-state index is 12.1. The molecule has 0 aliphatic heterocycles. The van der Waals surface area contributed by atoms with Crippen molar-refractivity contribution < 1.29 is 4.79 Å². The van der Waals surface area contributed by atoms with Crippen molar-refractivity contribution in [2.45, 2.75) is 51.1 Å². The van der Waals surface area contributed by atoms with Crippen molar-refractivity contribution >= 4 is 18.3 Å². The number of nitrogens with one attached hydrogen (secondary N) is 1. The van der Waals surface area contributed by atoms with Crippen LogP contribution in [0.4, 0.5) is 0 Å². The molecule has 1 aromatic carbocycles. The van der Waals surface area contributed by atoms with E-state index in [0.29, 0.717) is 0 Å². The van der Waals surface area contributed by atoms with Gasteiger partial charge in [0.25, 0.3) is 0 Å². The Kier molecular flexibility index (Phi) is 5.39. The molecule has 0 heterocycles. The van der Waals surface area contributed by atoms with Gasteiger partial charge in [0.1, 0.15) is 0 Å². The summed E-state index contributed by atoms with van der Waals surface area (Å²) >= 11 is 0. The number of amides is 1. The minimum atomic E-state index is -0.747. The van der Waals surface area contributed by atoms with Crippen molar-refractivity contribution in [1.82, 2.24) is 5.32 Å². The molecule has 0 saturated carbocycles. The smallest absolute Gasteiger partial charge is 0.240 e. The van der Waals surface area contributed by atoms with Gasteiger partial charge in [-0.05, 0) is 37.3 Å². The van der Waals surface area contributed by atoms with Crippen molar-refractivity contribution in [3.8, 4) is 0 Å². The molecule has 0 aromatic heterocycles. The summed E-state index contributed by atoms with van der Waals surface area (Å²) in [7, 11) is 0. The summed E-state index contributed by atoms with van der Waals surface area (Å²) in [6.45, 7) is 3.86. The van der Waals surface area contributed by atoms with Crippen LogP contribution in [0.25, 0.3) is 0 Å². The number of rotatable bonds is 4. The Labute approximate surface area is 121 Å². The molecule has 3 nitrogen and oxygen atoms in total. The van der Waals surface area contributed by atoms with Gasteiger partial charge in [-0.1, -0.05) is 37.6 Å². The summed E-state index contributed by atoms with van der Waals surface area (Å²) in [4.78, 5) is 12.1. The van der Waals surface area contributed by atoms with E-state index in [-0.39, 0.29) is 24.4 Å². The molecular formula is C15H23ClN2O. The van der Waals surface area contributed by atoms with Gasteiger partial charge in [0.15, 0.2) is 0 Å². The van der Waals surface area contributed by atoms with Gasteiger partial charge in [-0.2, -0.15) is 0 Å². The normalized spacial score (nSPS) is 17.2. The Bertz CT molecular complexity index is 421. The van der Waals surface area contributed by atoms with E-state index in [2.05, 4.69) is 17.4 Å². The number of fused-ring (bicyclic) bond motifs is 1. The molecule has 4 heteroatoms. The highest BCUT2D eigenvalue weighted by Gasteiger charge is 2.30. The zero-order valence-corrected chi connectivity index (χ0v) is 12.4. The van der Waals surface area contributed by atoms with E-state index in [0.717, 1.165) is 25.7 Å². The molecule has 0 saturated heterocycles. The fraction of sp³-hybridized carbons (Fsp3) is 0.533. The summed E-state index contributed by atoms with van der Waals surface area (Å²) in [5, 5.41) is 3.09. The Morgan fingerprint density at radius 3 is 2.37 bits per heavy atom. The predicted molar refractivity (Wildman–Crippen MR) is 80.5 cm³/mol. The topological polar surface area (TPSA) is 55.1 Å². The predicted octanol–water partition coefficient (Wildman–Crippen LogP) is 2.21. The number of halogens is 1. The van der Waals surface area contributed by atoms with Gasteiger partial charge < -0.3 is 11.1 Å².